The number of rotatable bonds is 4. The van der Waals surface area contributed by atoms with Gasteiger partial charge in [0.2, 0.25) is 5.91 Å². The third kappa shape index (κ3) is 3.42. The van der Waals surface area contributed by atoms with Crippen molar-refractivity contribution in [2.75, 3.05) is 7.11 Å². The van der Waals surface area contributed by atoms with E-state index in [9.17, 15) is 9.59 Å². The maximum atomic E-state index is 12.1. The van der Waals surface area contributed by atoms with E-state index >= 15 is 0 Å². The van der Waals surface area contributed by atoms with Crippen molar-refractivity contribution in [3.05, 3.63) is 35.5 Å². The molecule has 1 aromatic rings. The molecule has 112 valence electrons. The zero-order chi connectivity index (χ0) is 15.4. The molecule has 0 bridgehead atoms. The van der Waals surface area contributed by atoms with Gasteiger partial charge in [-0.1, -0.05) is 32.4 Å². The second kappa shape index (κ2) is 6.43. The van der Waals surface area contributed by atoms with Crippen molar-refractivity contribution < 1.29 is 14.3 Å². The number of hydrogen-bond donors (Lipinski definition) is 2. The number of ether oxygens (including phenoxy) is 1. The zero-order valence-corrected chi connectivity index (χ0v) is 12.5. The quantitative estimate of drug-likeness (QED) is 0.829. The highest BCUT2D eigenvalue weighted by Crippen LogP contribution is 2.16. The summed E-state index contributed by atoms with van der Waals surface area (Å²) in [5, 5.41) is 5.45. The van der Waals surface area contributed by atoms with Crippen LogP contribution in [0.2, 0.25) is 0 Å². The molecule has 2 rings (SSSR count). The van der Waals surface area contributed by atoms with Crippen molar-refractivity contribution in [2.45, 2.75) is 26.3 Å². The number of amides is 2. The first-order valence-corrected chi connectivity index (χ1v) is 7.02. The summed E-state index contributed by atoms with van der Waals surface area (Å²) >= 11 is 0. The predicted molar refractivity (Wildman–Crippen MR) is 80.5 cm³/mol. The molecule has 1 heterocycles. The van der Waals surface area contributed by atoms with E-state index in [2.05, 4.69) is 10.6 Å². The molecule has 2 amide bonds. The molecule has 0 spiro atoms. The second-order valence-corrected chi connectivity index (χ2v) is 5.16. The Morgan fingerprint density at radius 3 is 2.52 bits per heavy atom. The first-order chi connectivity index (χ1) is 10.0. The van der Waals surface area contributed by atoms with Gasteiger partial charge >= 0.3 is 0 Å². The van der Waals surface area contributed by atoms with E-state index < -0.39 is 6.04 Å². The number of methoxy groups -OCH3 is 1. The van der Waals surface area contributed by atoms with Gasteiger partial charge in [-0.15, -0.1) is 0 Å². The van der Waals surface area contributed by atoms with Gasteiger partial charge in [-0.25, -0.2) is 0 Å². The Balaban J connectivity index is 2.16. The fourth-order valence-corrected chi connectivity index (χ4v) is 2.16. The molecular formula is C16H20N2O3. The summed E-state index contributed by atoms with van der Waals surface area (Å²) in [5.41, 5.74) is 1.09. The smallest absolute Gasteiger partial charge is 0.268 e. The number of benzene rings is 1. The van der Waals surface area contributed by atoms with Crippen molar-refractivity contribution in [1.82, 2.24) is 10.6 Å². The Hall–Kier alpha value is -2.30. The molecule has 0 saturated carbocycles. The number of hydrogen-bond acceptors (Lipinski definition) is 3. The number of carbonyl (C=O) groups excluding carboxylic acids is 2. The highest BCUT2D eigenvalue weighted by Gasteiger charge is 2.32. The Morgan fingerprint density at radius 2 is 1.95 bits per heavy atom. The van der Waals surface area contributed by atoms with Crippen LogP contribution >= 0.6 is 0 Å². The second-order valence-electron chi connectivity index (χ2n) is 5.16. The van der Waals surface area contributed by atoms with E-state index in [0.29, 0.717) is 0 Å². The number of carbonyl (C=O) groups is 2. The molecule has 1 aliphatic heterocycles. The molecule has 1 aromatic carbocycles. The maximum absolute atomic E-state index is 12.1. The van der Waals surface area contributed by atoms with Crippen LogP contribution in [-0.4, -0.2) is 25.0 Å². The lowest BCUT2D eigenvalue weighted by Crippen LogP contribution is -2.57. The summed E-state index contributed by atoms with van der Waals surface area (Å²) in [5.74, 6) is 0.432. The molecule has 0 aliphatic carbocycles. The lowest BCUT2D eigenvalue weighted by atomic mass is 9.96. The first-order valence-electron chi connectivity index (χ1n) is 7.02. The number of piperazine rings is 1. The van der Waals surface area contributed by atoms with Crippen LogP contribution in [0.1, 0.15) is 25.8 Å². The Labute approximate surface area is 124 Å². The molecule has 5 heteroatoms. The van der Waals surface area contributed by atoms with Crippen molar-refractivity contribution in [3.63, 3.8) is 0 Å². The van der Waals surface area contributed by atoms with E-state index in [1.54, 1.807) is 25.3 Å². The van der Waals surface area contributed by atoms with Crippen LogP contribution < -0.4 is 15.4 Å². The van der Waals surface area contributed by atoms with Gasteiger partial charge in [-0.05, 0) is 29.7 Å². The van der Waals surface area contributed by atoms with Crippen LogP contribution in [0, 0.1) is 5.92 Å². The number of nitrogens with one attached hydrogen (secondary N) is 2. The topological polar surface area (TPSA) is 67.4 Å². The fourth-order valence-electron chi connectivity index (χ4n) is 2.16. The van der Waals surface area contributed by atoms with E-state index in [1.165, 1.54) is 0 Å². The Bertz CT molecular complexity index is 563. The Morgan fingerprint density at radius 1 is 1.29 bits per heavy atom. The average Bonchev–Trinajstić information content (AvgIpc) is 2.50. The van der Waals surface area contributed by atoms with Crippen molar-refractivity contribution in [2.24, 2.45) is 5.92 Å². The van der Waals surface area contributed by atoms with Gasteiger partial charge < -0.3 is 15.4 Å². The normalized spacial score (nSPS) is 21.7. The van der Waals surface area contributed by atoms with Crippen molar-refractivity contribution >= 4 is 17.9 Å². The van der Waals surface area contributed by atoms with Crippen LogP contribution in [0.4, 0.5) is 0 Å². The van der Waals surface area contributed by atoms with Crippen LogP contribution in [0.5, 0.6) is 5.75 Å². The largest absolute Gasteiger partial charge is 0.497 e. The molecule has 1 fully saturated rings. The predicted octanol–water partition coefficient (Wildman–Crippen LogP) is 1.70. The lowest BCUT2D eigenvalue weighted by Gasteiger charge is -2.28. The van der Waals surface area contributed by atoms with E-state index in [1.807, 2.05) is 26.0 Å². The minimum atomic E-state index is -0.462. The molecule has 1 saturated heterocycles. The summed E-state index contributed by atoms with van der Waals surface area (Å²) in [6, 6.07) is 6.79. The molecule has 1 aliphatic rings. The monoisotopic (exact) mass is 288 g/mol. The summed E-state index contributed by atoms with van der Waals surface area (Å²) in [7, 11) is 1.59. The lowest BCUT2D eigenvalue weighted by molar-refractivity contribution is -0.132. The van der Waals surface area contributed by atoms with Gasteiger partial charge in [0, 0.05) is 0 Å². The van der Waals surface area contributed by atoms with E-state index in [-0.39, 0.29) is 23.4 Å². The minimum absolute atomic E-state index is 0.108. The van der Waals surface area contributed by atoms with Gasteiger partial charge in [-0.2, -0.15) is 0 Å². The molecule has 0 aromatic heterocycles. The third-order valence-corrected chi connectivity index (χ3v) is 3.71. The standard InChI is InChI=1S/C16H20N2O3/c1-4-10(2)14-16(20)17-13(15(19)18-14)9-11-5-7-12(21-3)8-6-11/h5-10,14H,4H2,1-3H3,(H,17,20)(H,18,19)/b13-9+/t10-,14-/m0/s1. The zero-order valence-electron chi connectivity index (χ0n) is 12.5. The van der Waals surface area contributed by atoms with Gasteiger partial charge in [0.15, 0.2) is 0 Å². The van der Waals surface area contributed by atoms with Crippen molar-refractivity contribution in [1.29, 1.82) is 0 Å². The molecule has 5 nitrogen and oxygen atoms in total. The van der Waals surface area contributed by atoms with E-state index in [0.717, 1.165) is 17.7 Å². The summed E-state index contributed by atoms with van der Waals surface area (Å²) in [6.07, 6.45) is 2.48. The van der Waals surface area contributed by atoms with E-state index in [4.69, 9.17) is 4.74 Å². The minimum Gasteiger partial charge on any atom is -0.497 e. The van der Waals surface area contributed by atoms with Gasteiger partial charge in [0.1, 0.15) is 17.5 Å². The molecule has 0 unspecified atom stereocenters. The highest BCUT2D eigenvalue weighted by molar-refractivity contribution is 6.07. The van der Waals surface area contributed by atoms with Crippen LogP contribution in [0.3, 0.4) is 0 Å². The highest BCUT2D eigenvalue weighted by atomic mass is 16.5. The summed E-state index contributed by atoms with van der Waals surface area (Å²) in [6.45, 7) is 3.94. The average molecular weight is 288 g/mol. The van der Waals surface area contributed by atoms with Gasteiger partial charge in [-0.3, -0.25) is 9.59 Å². The molecule has 2 atom stereocenters. The fraction of sp³-hybridized carbons (Fsp3) is 0.375. The molecule has 0 radical (unpaired) electrons. The van der Waals surface area contributed by atoms with Crippen LogP contribution in [-0.2, 0) is 9.59 Å². The van der Waals surface area contributed by atoms with Crippen LogP contribution in [0.25, 0.3) is 6.08 Å². The summed E-state index contributed by atoms with van der Waals surface area (Å²) in [4.78, 5) is 24.1. The van der Waals surface area contributed by atoms with Crippen LogP contribution in [0.15, 0.2) is 30.0 Å². The van der Waals surface area contributed by atoms with Gasteiger partial charge in [0.05, 0.1) is 7.11 Å². The SMILES string of the molecule is CC[C@H](C)[C@@H]1NC(=O)/C(=C\c2ccc(OC)cc2)NC1=O. The maximum Gasteiger partial charge on any atom is 0.268 e. The summed E-state index contributed by atoms with van der Waals surface area (Å²) < 4.78 is 5.08. The molecule has 21 heavy (non-hydrogen) atoms. The first kappa shape index (κ1) is 15.1. The van der Waals surface area contributed by atoms with Gasteiger partial charge in [0.25, 0.3) is 5.91 Å². The molecular weight excluding hydrogens is 268 g/mol. The van der Waals surface area contributed by atoms with Crippen molar-refractivity contribution in [3.8, 4) is 5.75 Å². The molecule has 2 N–H and O–H groups in total. The third-order valence-electron chi connectivity index (χ3n) is 3.71. The Kier molecular flexibility index (Phi) is 4.62.